The molecule has 0 atom stereocenters. The molecule has 0 saturated carbocycles. The van der Waals surface area contributed by atoms with Crippen molar-refractivity contribution in [3.63, 3.8) is 0 Å². The summed E-state index contributed by atoms with van der Waals surface area (Å²) in [6.07, 6.45) is 0.828. The SMILES string of the molecule is CC(C)NS(=O)(=O)c1ccc(NC(=O)CCc2ccccc2Cl)cc1. The number of halogens is 1. The summed E-state index contributed by atoms with van der Waals surface area (Å²) < 4.78 is 26.6. The van der Waals surface area contributed by atoms with Crippen LogP contribution in [-0.2, 0) is 21.2 Å². The van der Waals surface area contributed by atoms with E-state index in [0.717, 1.165) is 5.56 Å². The molecule has 2 rings (SSSR count). The largest absolute Gasteiger partial charge is 0.326 e. The summed E-state index contributed by atoms with van der Waals surface area (Å²) >= 11 is 6.07. The minimum absolute atomic E-state index is 0.157. The third-order valence-electron chi connectivity index (χ3n) is 3.42. The fraction of sp³-hybridized carbons (Fsp3) is 0.278. The Kier molecular flexibility index (Phi) is 6.58. The lowest BCUT2D eigenvalue weighted by molar-refractivity contribution is -0.116. The molecule has 0 bridgehead atoms. The van der Waals surface area contributed by atoms with Crippen molar-refractivity contribution in [2.24, 2.45) is 0 Å². The molecule has 7 heteroatoms. The molecular formula is C18H21ClN2O3S. The zero-order valence-corrected chi connectivity index (χ0v) is 15.7. The molecule has 0 radical (unpaired) electrons. The quantitative estimate of drug-likeness (QED) is 0.770. The molecule has 0 spiro atoms. The van der Waals surface area contributed by atoms with Gasteiger partial charge in [0.05, 0.1) is 4.90 Å². The number of carbonyl (C=O) groups excluding carboxylic acids is 1. The van der Waals surface area contributed by atoms with Crippen molar-refractivity contribution < 1.29 is 13.2 Å². The first-order valence-electron chi connectivity index (χ1n) is 7.93. The number of anilines is 1. The minimum atomic E-state index is -3.53. The molecule has 25 heavy (non-hydrogen) atoms. The molecule has 5 nitrogen and oxygen atoms in total. The summed E-state index contributed by atoms with van der Waals surface area (Å²) in [5.74, 6) is -0.157. The Morgan fingerprint density at radius 3 is 2.32 bits per heavy atom. The van der Waals surface area contributed by atoms with Crippen LogP contribution in [0.3, 0.4) is 0 Å². The molecule has 2 N–H and O–H groups in total. The van der Waals surface area contributed by atoms with Crippen molar-refractivity contribution in [3.05, 3.63) is 59.1 Å². The summed E-state index contributed by atoms with van der Waals surface area (Å²) in [5.41, 5.74) is 1.47. The summed E-state index contributed by atoms with van der Waals surface area (Å²) in [7, 11) is -3.53. The monoisotopic (exact) mass is 380 g/mol. The minimum Gasteiger partial charge on any atom is -0.326 e. The van der Waals surface area contributed by atoms with Crippen LogP contribution in [-0.4, -0.2) is 20.4 Å². The van der Waals surface area contributed by atoms with E-state index in [1.165, 1.54) is 12.1 Å². The Labute approximate surface area is 153 Å². The third kappa shape index (κ3) is 5.85. The number of carbonyl (C=O) groups is 1. The standard InChI is InChI=1S/C18H21ClN2O3S/c1-13(2)21-25(23,24)16-10-8-15(9-11-16)20-18(22)12-7-14-5-3-4-6-17(14)19/h3-6,8-11,13,21H,7,12H2,1-2H3,(H,20,22). The van der Waals surface area contributed by atoms with Crippen LogP contribution in [0.1, 0.15) is 25.8 Å². The fourth-order valence-electron chi connectivity index (χ4n) is 2.27. The number of hydrogen-bond acceptors (Lipinski definition) is 3. The average Bonchev–Trinajstić information content (AvgIpc) is 2.53. The molecule has 2 aromatic rings. The topological polar surface area (TPSA) is 75.3 Å². The number of hydrogen-bond donors (Lipinski definition) is 2. The predicted molar refractivity (Wildman–Crippen MR) is 100 cm³/mol. The van der Waals surface area contributed by atoms with E-state index in [9.17, 15) is 13.2 Å². The zero-order valence-electron chi connectivity index (χ0n) is 14.1. The van der Waals surface area contributed by atoms with E-state index in [1.54, 1.807) is 32.0 Å². The summed E-state index contributed by atoms with van der Waals surface area (Å²) in [6, 6.07) is 13.3. The lowest BCUT2D eigenvalue weighted by Crippen LogP contribution is -2.30. The molecule has 0 aliphatic rings. The Balaban J connectivity index is 1.94. The molecule has 0 heterocycles. The second-order valence-corrected chi connectivity index (χ2v) is 8.06. The van der Waals surface area contributed by atoms with Gasteiger partial charge in [0.1, 0.15) is 0 Å². The number of rotatable bonds is 7. The van der Waals surface area contributed by atoms with Crippen molar-refractivity contribution in [2.75, 3.05) is 5.32 Å². The molecule has 0 saturated heterocycles. The summed E-state index contributed by atoms with van der Waals surface area (Å²) in [4.78, 5) is 12.2. The molecule has 2 aromatic carbocycles. The van der Waals surface area contributed by atoms with Gasteiger partial charge in [-0.15, -0.1) is 0 Å². The fourth-order valence-corrected chi connectivity index (χ4v) is 3.75. The molecule has 0 fully saturated rings. The van der Waals surface area contributed by atoms with Crippen LogP contribution >= 0.6 is 11.6 Å². The maximum Gasteiger partial charge on any atom is 0.240 e. The van der Waals surface area contributed by atoms with E-state index >= 15 is 0 Å². The van der Waals surface area contributed by atoms with E-state index in [2.05, 4.69) is 10.0 Å². The van der Waals surface area contributed by atoms with Crippen LogP contribution in [0, 0.1) is 0 Å². The van der Waals surface area contributed by atoms with Crippen molar-refractivity contribution >= 4 is 33.2 Å². The lowest BCUT2D eigenvalue weighted by atomic mass is 10.1. The number of sulfonamides is 1. The molecule has 0 unspecified atom stereocenters. The molecule has 0 aliphatic carbocycles. The van der Waals surface area contributed by atoms with Gasteiger partial charge >= 0.3 is 0 Å². The Morgan fingerprint density at radius 1 is 1.08 bits per heavy atom. The van der Waals surface area contributed by atoms with E-state index in [-0.39, 0.29) is 16.8 Å². The third-order valence-corrected chi connectivity index (χ3v) is 5.46. The van der Waals surface area contributed by atoms with Gasteiger partial charge in [-0.3, -0.25) is 4.79 Å². The maximum atomic E-state index is 12.1. The number of nitrogens with one attached hydrogen (secondary N) is 2. The number of benzene rings is 2. The van der Waals surface area contributed by atoms with Crippen LogP contribution in [0.4, 0.5) is 5.69 Å². The van der Waals surface area contributed by atoms with Gasteiger partial charge < -0.3 is 5.32 Å². The molecule has 134 valence electrons. The van der Waals surface area contributed by atoms with Gasteiger partial charge in [0.2, 0.25) is 15.9 Å². The first-order valence-corrected chi connectivity index (χ1v) is 9.80. The molecule has 0 aliphatic heterocycles. The van der Waals surface area contributed by atoms with E-state index in [1.807, 2.05) is 18.2 Å². The summed E-state index contributed by atoms with van der Waals surface area (Å²) in [5, 5.41) is 3.40. The lowest BCUT2D eigenvalue weighted by Gasteiger charge is -2.10. The van der Waals surface area contributed by atoms with E-state index in [0.29, 0.717) is 23.6 Å². The average molecular weight is 381 g/mol. The highest BCUT2D eigenvalue weighted by Crippen LogP contribution is 2.18. The number of aryl methyl sites for hydroxylation is 1. The van der Waals surface area contributed by atoms with Crippen molar-refractivity contribution in [1.82, 2.24) is 4.72 Å². The molecular weight excluding hydrogens is 360 g/mol. The second kappa shape index (κ2) is 8.47. The van der Waals surface area contributed by atoms with Crippen LogP contribution in [0.15, 0.2) is 53.4 Å². The highest BCUT2D eigenvalue weighted by molar-refractivity contribution is 7.89. The van der Waals surface area contributed by atoms with Crippen LogP contribution in [0.25, 0.3) is 0 Å². The van der Waals surface area contributed by atoms with E-state index in [4.69, 9.17) is 11.6 Å². The predicted octanol–water partition coefficient (Wildman–Crippen LogP) is 3.60. The van der Waals surface area contributed by atoms with Crippen LogP contribution < -0.4 is 10.0 Å². The van der Waals surface area contributed by atoms with Gasteiger partial charge in [-0.2, -0.15) is 0 Å². The van der Waals surface area contributed by atoms with Crippen molar-refractivity contribution in [1.29, 1.82) is 0 Å². The highest BCUT2D eigenvalue weighted by atomic mass is 35.5. The van der Waals surface area contributed by atoms with Gasteiger partial charge in [-0.1, -0.05) is 29.8 Å². The summed E-state index contributed by atoms with van der Waals surface area (Å²) in [6.45, 7) is 3.51. The van der Waals surface area contributed by atoms with Crippen molar-refractivity contribution in [3.8, 4) is 0 Å². The Hall–Kier alpha value is -1.89. The smallest absolute Gasteiger partial charge is 0.240 e. The second-order valence-electron chi connectivity index (χ2n) is 5.94. The van der Waals surface area contributed by atoms with Gasteiger partial charge in [-0.25, -0.2) is 13.1 Å². The first-order chi connectivity index (χ1) is 11.8. The maximum absolute atomic E-state index is 12.1. The molecule has 0 aromatic heterocycles. The highest BCUT2D eigenvalue weighted by Gasteiger charge is 2.15. The van der Waals surface area contributed by atoms with Crippen LogP contribution in [0.2, 0.25) is 5.02 Å². The Morgan fingerprint density at radius 2 is 1.72 bits per heavy atom. The van der Waals surface area contributed by atoms with E-state index < -0.39 is 10.0 Å². The van der Waals surface area contributed by atoms with Gasteiger partial charge in [-0.05, 0) is 56.2 Å². The molecule has 1 amide bonds. The first kappa shape index (κ1) is 19.4. The van der Waals surface area contributed by atoms with Gasteiger partial charge in [0.15, 0.2) is 0 Å². The zero-order chi connectivity index (χ0) is 18.4. The number of amides is 1. The van der Waals surface area contributed by atoms with Gasteiger partial charge in [0.25, 0.3) is 0 Å². The normalized spacial score (nSPS) is 11.5. The van der Waals surface area contributed by atoms with Crippen LogP contribution in [0.5, 0.6) is 0 Å². The van der Waals surface area contributed by atoms with Crippen molar-refractivity contribution in [2.45, 2.75) is 37.6 Å². The Bertz CT molecular complexity index is 834. The van der Waals surface area contributed by atoms with Gasteiger partial charge in [0, 0.05) is 23.2 Å².